The van der Waals surface area contributed by atoms with E-state index in [4.69, 9.17) is 0 Å². The Morgan fingerprint density at radius 1 is 1.38 bits per heavy atom. The molecule has 1 amide bonds. The largest absolute Gasteiger partial charge is 0.339 e. The molecular formula is C16H18N4O. The third-order valence-corrected chi connectivity index (χ3v) is 4.45. The zero-order valence-electron chi connectivity index (χ0n) is 12.3. The third-order valence-electron chi connectivity index (χ3n) is 4.45. The molecule has 3 heterocycles. The SMILES string of the molecule is CCn1nc(C)c2c1N1CCc3ccccc3C1C(=O)N2. The van der Waals surface area contributed by atoms with Crippen LogP contribution in [0.15, 0.2) is 24.3 Å². The monoisotopic (exact) mass is 282 g/mol. The van der Waals surface area contributed by atoms with Crippen molar-refractivity contribution in [1.29, 1.82) is 0 Å². The van der Waals surface area contributed by atoms with Crippen LogP contribution in [0.1, 0.15) is 29.8 Å². The number of hydrogen-bond acceptors (Lipinski definition) is 3. The Morgan fingerprint density at radius 3 is 3.00 bits per heavy atom. The molecule has 108 valence electrons. The van der Waals surface area contributed by atoms with E-state index in [0.29, 0.717) is 0 Å². The number of nitrogens with one attached hydrogen (secondary N) is 1. The number of rotatable bonds is 1. The van der Waals surface area contributed by atoms with Gasteiger partial charge in [-0.05, 0) is 31.4 Å². The van der Waals surface area contributed by atoms with Crippen LogP contribution in [0.5, 0.6) is 0 Å². The van der Waals surface area contributed by atoms with Crippen LogP contribution in [-0.4, -0.2) is 22.2 Å². The molecule has 1 unspecified atom stereocenters. The van der Waals surface area contributed by atoms with Crippen molar-refractivity contribution in [2.24, 2.45) is 0 Å². The lowest BCUT2D eigenvalue weighted by atomic mass is 9.90. The molecule has 0 bridgehead atoms. The summed E-state index contributed by atoms with van der Waals surface area (Å²) in [6.45, 7) is 5.68. The fourth-order valence-electron chi connectivity index (χ4n) is 3.50. The molecular weight excluding hydrogens is 264 g/mol. The van der Waals surface area contributed by atoms with Crippen LogP contribution in [0.3, 0.4) is 0 Å². The quantitative estimate of drug-likeness (QED) is 0.873. The molecule has 5 nitrogen and oxygen atoms in total. The fraction of sp³-hybridized carbons (Fsp3) is 0.375. The molecule has 0 saturated carbocycles. The zero-order valence-corrected chi connectivity index (χ0v) is 12.3. The highest BCUT2D eigenvalue weighted by Crippen LogP contribution is 2.42. The van der Waals surface area contributed by atoms with Gasteiger partial charge >= 0.3 is 0 Å². The summed E-state index contributed by atoms with van der Waals surface area (Å²) >= 11 is 0. The summed E-state index contributed by atoms with van der Waals surface area (Å²) in [5, 5.41) is 7.61. The van der Waals surface area contributed by atoms with Crippen molar-refractivity contribution in [3.05, 3.63) is 41.1 Å². The van der Waals surface area contributed by atoms with Crippen LogP contribution in [0.25, 0.3) is 0 Å². The van der Waals surface area contributed by atoms with Crippen LogP contribution in [0, 0.1) is 6.92 Å². The Morgan fingerprint density at radius 2 is 2.19 bits per heavy atom. The van der Waals surface area contributed by atoms with Gasteiger partial charge in [0.25, 0.3) is 5.91 Å². The van der Waals surface area contributed by atoms with E-state index >= 15 is 0 Å². The maximum absolute atomic E-state index is 12.6. The highest BCUT2D eigenvalue weighted by Gasteiger charge is 2.40. The molecule has 0 saturated heterocycles. The van der Waals surface area contributed by atoms with Gasteiger partial charge in [-0.1, -0.05) is 24.3 Å². The lowest BCUT2D eigenvalue weighted by Gasteiger charge is -2.41. The molecule has 2 aromatic rings. The van der Waals surface area contributed by atoms with Crippen LogP contribution >= 0.6 is 0 Å². The number of aryl methyl sites for hydroxylation is 2. The van der Waals surface area contributed by atoms with Crippen molar-refractivity contribution in [3.8, 4) is 0 Å². The van der Waals surface area contributed by atoms with E-state index in [1.807, 2.05) is 23.7 Å². The first-order chi connectivity index (χ1) is 10.2. The number of anilines is 2. The van der Waals surface area contributed by atoms with Gasteiger partial charge in [-0.15, -0.1) is 0 Å². The van der Waals surface area contributed by atoms with E-state index in [1.165, 1.54) is 5.56 Å². The van der Waals surface area contributed by atoms with Gasteiger partial charge in [0.15, 0.2) is 5.82 Å². The van der Waals surface area contributed by atoms with Gasteiger partial charge in [-0.3, -0.25) is 4.79 Å². The predicted molar refractivity (Wildman–Crippen MR) is 81.5 cm³/mol. The maximum atomic E-state index is 12.6. The number of fused-ring (bicyclic) bond motifs is 5. The van der Waals surface area contributed by atoms with E-state index in [2.05, 4.69) is 34.4 Å². The van der Waals surface area contributed by atoms with E-state index < -0.39 is 0 Å². The maximum Gasteiger partial charge on any atom is 0.251 e. The Labute approximate surface area is 123 Å². The predicted octanol–water partition coefficient (Wildman–Crippen LogP) is 2.27. The topological polar surface area (TPSA) is 50.2 Å². The first-order valence-corrected chi connectivity index (χ1v) is 7.43. The van der Waals surface area contributed by atoms with Crippen LogP contribution in [0.4, 0.5) is 11.5 Å². The number of carbonyl (C=O) groups excluding carboxylic acids is 1. The normalized spacial score (nSPS) is 19.6. The number of aromatic nitrogens is 2. The van der Waals surface area contributed by atoms with Crippen molar-refractivity contribution in [2.45, 2.75) is 32.9 Å². The summed E-state index contributed by atoms with van der Waals surface area (Å²) in [5.74, 6) is 1.10. The van der Waals surface area contributed by atoms with Crippen LogP contribution < -0.4 is 10.2 Å². The average Bonchev–Trinajstić information content (AvgIpc) is 2.83. The Balaban J connectivity index is 1.90. The number of nitrogens with zero attached hydrogens (tertiary/aromatic N) is 3. The molecule has 1 atom stereocenters. The Hall–Kier alpha value is -2.30. The van der Waals surface area contributed by atoms with Gasteiger partial charge in [0.2, 0.25) is 0 Å². The summed E-state index contributed by atoms with van der Waals surface area (Å²) in [6.07, 6.45) is 0.966. The standard InChI is InChI=1S/C16H18N4O/c1-3-20-16-13(10(2)18-20)17-15(21)14-12-7-5-4-6-11(12)8-9-19(14)16/h4-7,14H,3,8-9H2,1-2H3,(H,17,21). The highest BCUT2D eigenvalue weighted by molar-refractivity contribution is 6.04. The minimum absolute atomic E-state index is 0.0494. The Bertz CT molecular complexity index is 734. The molecule has 0 aliphatic carbocycles. The van der Waals surface area contributed by atoms with Gasteiger partial charge in [-0.2, -0.15) is 5.10 Å². The van der Waals surface area contributed by atoms with Gasteiger partial charge < -0.3 is 10.2 Å². The second kappa shape index (κ2) is 4.35. The number of hydrogen-bond donors (Lipinski definition) is 1. The lowest BCUT2D eigenvalue weighted by molar-refractivity contribution is -0.118. The summed E-state index contributed by atoms with van der Waals surface area (Å²) in [6, 6.07) is 8.01. The number of amides is 1. The van der Waals surface area contributed by atoms with Gasteiger partial charge in [-0.25, -0.2) is 4.68 Å². The molecule has 1 aromatic heterocycles. The van der Waals surface area contributed by atoms with E-state index in [-0.39, 0.29) is 11.9 Å². The first-order valence-electron chi connectivity index (χ1n) is 7.43. The minimum Gasteiger partial charge on any atom is -0.339 e. The van der Waals surface area contributed by atoms with Crippen molar-refractivity contribution in [1.82, 2.24) is 9.78 Å². The second-order valence-corrected chi connectivity index (χ2v) is 5.63. The van der Waals surface area contributed by atoms with Gasteiger partial charge in [0, 0.05) is 13.1 Å². The zero-order chi connectivity index (χ0) is 14.6. The first kappa shape index (κ1) is 12.4. The molecule has 0 radical (unpaired) electrons. The van der Waals surface area contributed by atoms with Crippen LogP contribution in [-0.2, 0) is 17.8 Å². The highest BCUT2D eigenvalue weighted by atomic mass is 16.2. The average molecular weight is 282 g/mol. The summed E-state index contributed by atoms with van der Waals surface area (Å²) in [7, 11) is 0. The van der Waals surface area contributed by atoms with Crippen LogP contribution in [0.2, 0.25) is 0 Å². The Kier molecular flexibility index (Phi) is 2.58. The van der Waals surface area contributed by atoms with E-state index in [0.717, 1.165) is 42.3 Å². The van der Waals surface area contributed by atoms with E-state index in [9.17, 15) is 4.79 Å². The van der Waals surface area contributed by atoms with E-state index in [1.54, 1.807) is 0 Å². The van der Waals surface area contributed by atoms with Crippen molar-refractivity contribution < 1.29 is 4.79 Å². The molecule has 5 heteroatoms. The van der Waals surface area contributed by atoms with Crippen molar-refractivity contribution in [2.75, 3.05) is 16.8 Å². The second-order valence-electron chi connectivity index (χ2n) is 5.63. The summed E-state index contributed by atoms with van der Waals surface area (Å²) in [4.78, 5) is 14.8. The molecule has 2 aliphatic heterocycles. The van der Waals surface area contributed by atoms with Gasteiger partial charge in [0.1, 0.15) is 11.7 Å². The molecule has 1 N–H and O–H groups in total. The fourth-order valence-corrected chi connectivity index (χ4v) is 3.50. The molecule has 0 fully saturated rings. The lowest BCUT2D eigenvalue weighted by Crippen LogP contribution is -2.46. The molecule has 1 aromatic carbocycles. The summed E-state index contributed by atoms with van der Waals surface area (Å²) in [5.41, 5.74) is 4.15. The molecule has 4 rings (SSSR count). The smallest absolute Gasteiger partial charge is 0.251 e. The molecule has 21 heavy (non-hydrogen) atoms. The number of carbonyl (C=O) groups is 1. The summed E-state index contributed by atoms with van der Waals surface area (Å²) < 4.78 is 1.99. The van der Waals surface area contributed by atoms with Crippen molar-refractivity contribution in [3.63, 3.8) is 0 Å². The molecule has 2 aliphatic rings. The minimum atomic E-state index is -0.233. The van der Waals surface area contributed by atoms with Crippen molar-refractivity contribution >= 4 is 17.4 Å². The number of benzene rings is 1. The third kappa shape index (κ3) is 1.63. The van der Waals surface area contributed by atoms with Gasteiger partial charge in [0.05, 0.1) is 5.69 Å². The molecule has 0 spiro atoms.